The Morgan fingerprint density at radius 2 is 1.37 bits per heavy atom. The Labute approximate surface area is 332 Å². The van der Waals surface area contributed by atoms with Crippen LogP contribution in [0.15, 0.2) is 48.6 Å². The lowest BCUT2D eigenvalue weighted by Gasteiger charge is -2.22. The highest BCUT2D eigenvalue weighted by Gasteiger charge is 2.24. The number of hydrogen-bond acceptors (Lipinski definition) is 9. The molecule has 0 unspecified atom stereocenters. The molecule has 312 valence electrons. The van der Waals surface area contributed by atoms with Crippen molar-refractivity contribution in [3.05, 3.63) is 48.6 Å². The van der Waals surface area contributed by atoms with Crippen molar-refractivity contribution in [1.29, 1.82) is 0 Å². The van der Waals surface area contributed by atoms with E-state index in [4.69, 9.17) is 20.3 Å². The van der Waals surface area contributed by atoms with Gasteiger partial charge in [0.2, 0.25) is 0 Å². The molecule has 0 aromatic carbocycles. The summed E-state index contributed by atoms with van der Waals surface area (Å²) in [4.78, 5) is 35.9. The first-order valence-corrected chi connectivity index (χ1v) is 22.0. The third-order valence-electron chi connectivity index (χ3n) is 9.05. The second kappa shape index (κ2) is 37.5. The van der Waals surface area contributed by atoms with E-state index in [2.05, 4.69) is 39.0 Å². The summed E-state index contributed by atoms with van der Waals surface area (Å²) in [5.74, 6) is -1.12. The van der Waals surface area contributed by atoms with Gasteiger partial charge in [0, 0.05) is 23.8 Å². The molecule has 0 amide bonds. The third kappa shape index (κ3) is 34.1. The molecular formula is C44H77NO8S. The average molecular weight is 780 g/mol. The highest BCUT2D eigenvalue weighted by atomic mass is 32.2. The quantitative estimate of drug-likeness (QED) is 0.0207. The number of carboxylic acids is 1. The number of carboxylic acid groups (broad SMARTS) is 1. The van der Waals surface area contributed by atoms with Gasteiger partial charge in [0.25, 0.3) is 0 Å². The van der Waals surface area contributed by atoms with Crippen LogP contribution >= 0.6 is 11.8 Å². The van der Waals surface area contributed by atoms with Crippen LogP contribution in [0, 0.1) is 5.92 Å². The number of carbonyl (C=O) groups excluding carboxylic acids is 2. The fourth-order valence-electron chi connectivity index (χ4n) is 5.69. The molecule has 4 atom stereocenters. The first kappa shape index (κ1) is 51.6. The van der Waals surface area contributed by atoms with Gasteiger partial charge in [-0.25, -0.2) is 0 Å². The zero-order valence-electron chi connectivity index (χ0n) is 34.1. The number of aliphatic hydroxyl groups excluding tert-OH is 2. The summed E-state index contributed by atoms with van der Waals surface area (Å²) in [6.45, 7) is 6.01. The van der Waals surface area contributed by atoms with Gasteiger partial charge < -0.3 is 30.5 Å². The van der Waals surface area contributed by atoms with Crippen LogP contribution in [0.4, 0.5) is 0 Å². The largest absolute Gasteiger partial charge is 0.481 e. The minimum Gasteiger partial charge on any atom is -0.481 e. The second-order valence-corrected chi connectivity index (χ2v) is 16.0. The van der Waals surface area contributed by atoms with Gasteiger partial charge in [-0.1, -0.05) is 159 Å². The molecule has 0 radical (unpaired) electrons. The number of hydrogen-bond donors (Lipinski definition) is 4. The van der Waals surface area contributed by atoms with Crippen LogP contribution in [0.5, 0.6) is 0 Å². The Bertz CT molecular complexity index is 1040. The molecule has 5 N–H and O–H groups in total. The van der Waals surface area contributed by atoms with Crippen LogP contribution in [-0.2, 0) is 23.9 Å². The molecule has 0 aliphatic heterocycles. The van der Waals surface area contributed by atoms with Crippen LogP contribution in [0.25, 0.3) is 0 Å². The maximum absolute atomic E-state index is 12.7. The first-order valence-electron chi connectivity index (χ1n) is 21.0. The lowest BCUT2D eigenvalue weighted by Crippen LogP contribution is -2.40. The first-order chi connectivity index (χ1) is 26.1. The molecule has 0 aromatic heterocycles. The predicted octanol–water partition coefficient (Wildman–Crippen LogP) is 9.79. The maximum Gasteiger partial charge on any atom is 0.324 e. The Morgan fingerprint density at radius 1 is 0.741 bits per heavy atom. The van der Waals surface area contributed by atoms with Crippen molar-refractivity contribution in [3.63, 3.8) is 0 Å². The van der Waals surface area contributed by atoms with Crippen LogP contribution in [0.1, 0.15) is 162 Å². The number of aliphatic carboxylic acids is 1. The monoisotopic (exact) mass is 780 g/mol. The smallest absolute Gasteiger partial charge is 0.324 e. The molecule has 0 bridgehead atoms. The van der Waals surface area contributed by atoms with Gasteiger partial charge in [-0.2, -0.15) is 0 Å². The summed E-state index contributed by atoms with van der Waals surface area (Å²) >= 11 is 1.26. The SMILES string of the molecule is CCCCC/C=C\C\C=C/C=C/C=C/[C@@H](SC[C@H](N)C(=O)O[C@@H](CO)COC(=O)CCCCCCCCCCCCCCC(C)C)[C@@H](O)CCCC(=O)O. The van der Waals surface area contributed by atoms with E-state index < -0.39 is 42.0 Å². The Balaban J connectivity index is 4.47. The van der Waals surface area contributed by atoms with Crippen molar-refractivity contribution in [1.82, 2.24) is 0 Å². The maximum atomic E-state index is 12.7. The van der Waals surface area contributed by atoms with Crippen LogP contribution in [0.2, 0.25) is 0 Å². The molecule has 0 aliphatic rings. The summed E-state index contributed by atoms with van der Waals surface area (Å²) in [5, 5.41) is 29.1. The van der Waals surface area contributed by atoms with E-state index in [1.165, 1.54) is 95.2 Å². The summed E-state index contributed by atoms with van der Waals surface area (Å²) in [6.07, 6.45) is 36.2. The number of thioether (sulfide) groups is 1. The summed E-state index contributed by atoms with van der Waals surface area (Å²) in [6, 6.07) is -1.05. The van der Waals surface area contributed by atoms with E-state index in [9.17, 15) is 24.6 Å². The molecule has 10 heteroatoms. The molecule has 0 fully saturated rings. The van der Waals surface area contributed by atoms with Gasteiger partial charge >= 0.3 is 17.9 Å². The Hall–Kier alpha value is -2.40. The minimum atomic E-state index is -1.05. The summed E-state index contributed by atoms with van der Waals surface area (Å²) in [5.41, 5.74) is 6.11. The summed E-state index contributed by atoms with van der Waals surface area (Å²) in [7, 11) is 0. The van der Waals surface area contributed by atoms with Gasteiger partial charge in [-0.05, 0) is 44.4 Å². The highest BCUT2D eigenvalue weighted by molar-refractivity contribution is 8.00. The molecule has 0 heterocycles. The van der Waals surface area contributed by atoms with E-state index in [0.29, 0.717) is 6.42 Å². The topological polar surface area (TPSA) is 156 Å². The van der Waals surface area contributed by atoms with E-state index in [0.717, 1.165) is 38.0 Å². The van der Waals surface area contributed by atoms with Crippen molar-refractivity contribution < 1.29 is 39.2 Å². The highest BCUT2D eigenvalue weighted by Crippen LogP contribution is 2.22. The Kier molecular flexibility index (Phi) is 35.9. The van der Waals surface area contributed by atoms with Crippen molar-refractivity contribution in [2.24, 2.45) is 11.7 Å². The molecule has 54 heavy (non-hydrogen) atoms. The number of carbonyl (C=O) groups is 3. The molecule has 0 rings (SSSR count). The van der Waals surface area contributed by atoms with E-state index in [1.807, 2.05) is 24.3 Å². The normalized spacial score (nSPS) is 14.4. The van der Waals surface area contributed by atoms with Gasteiger partial charge in [0.05, 0.1) is 12.7 Å². The number of unbranched alkanes of at least 4 members (excludes halogenated alkanes) is 14. The lowest BCUT2D eigenvalue weighted by atomic mass is 10.0. The minimum absolute atomic E-state index is 0.0477. The van der Waals surface area contributed by atoms with Crippen molar-refractivity contribution in [2.45, 2.75) is 186 Å². The van der Waals surface area contributed by atoms with Crippen molar-refractivity contribution in [2.75, 3.05) is 19.0 Å². The predicted molar refractivity (Wildman–Crippen MR) is 224 cm³/mol. The van der Waals surface area contributed by atoms with Crippen LogP contribution < -0.4 is 5.73 Å². The third-order valence-corrected chi connectivity index (χ3v) is 10.5. The number of ether oxygens (including phenoxy) is 2. The van der Waals surface area contributed by atoms with Crippen LogP contribution in [0.3, 0.4) is 0 Å². The van der Waals surface area contributed by atoms with Gasteiger partial charge in [0.15, 0.2) is 6.10 Å². The number of aliphatic hydroxyl groups is 2. The van der Waals surface area contributed by atoms with Gasteiger partial charge in [-0.15, -0.1) is 11.8 Å². The van der Waals surface area contributed by atoms with E-state index >= 15 is 0 Å². The number of esters is 2. The molecule has 0 aliphatic carbocycles. The molecule has 0 spiro atoms. The fraction of sp³-hybridized carbons (Fsp3) is 0.750. The van der Waals surface area contributed by atoms with Crippen LogP contribution in [-0.4, -0.2) is 75.7 Å². The number of nitrogens with two attached hydrogens (primary N) is 1. The number of rotatable bonds is 37. The summed E-state index contributed by atoms with van der Waals surface area (Å²) < 4.78 is 10.6. The molecule has 0 saturated carbocycles. The lowest BCUT2D eigenvalue weighted by molar-refractivity contribution is -0.162. The second-order valence-electron chi connectivity index (χ2n) is 14.8. The zero-order valence-corrected chi connectivity index (χ0v) is 34.9. The average Bonchev–Trinajstić information content (AvgIpc) is 3.14. The number of allylic oxidation sites excluding steroid dienone is 7. The van der Waals surface area contributed by atoms with Crippen molar-refractivity contribution >= 4 is 29.7 Å². The fourth-order valence-corrected chi connectivity index (χ4v) is 6.82. The molecular weight excluding hydrogens is 703 g/mol. The standard InChI is InChI=1S/C44H77NO8S/c1-4-5-6-7-8-9-10-14-17-20-23-26-31-41(40(47)30-28-32-42(48)49)54-36-39(45)44(51)53-38(34-46)35-52-43(50)33-27-24-21-18-15-12-11-13-16-19-22-25-29-37(2)3/h8-9,14,17,20,23,26,31,37-41,46-47H,4-7,10-13,15-16,18-19,21-22,24-25,27-30,32-36,45H2,1-3H3,(H,48,49)/b9-8-,17-14-,23-20+,31-26+/t38-,39-,40-,41+/m0/s1. The Morgan fingerprint density at radius 3 is 1.98 bits per heavy atom. The van der Waals surface area contributed by atoms with E-state index in [1.54, 1.807) is 6.08 Å². The molecule has 0 aromatic rings. The van der Waals surface area contributed by atoms with Gasteiger partial charge in [-0.3, -0.25) is 14.4 Å². The van der Waals surface area contributed by atoms with Gasteiger partial charge in [0.1, 0.15) is 12.6 Å². The molecule has 9 nitrogen and oxygen atoms in total. The van der Waals surface area contributed by atoms with E-state index in [-0.39, 0.29) is 37.6 Å². The van der Waals surface area contributed by atoms with Crippen molar-refractivity contribution in [3.8, 4) is 0 Å². The zero-order chi connectivity index (χ0) is 40.1. The molecule has 0 saturated heterocycles.